The molecule has 6 nitrogen and oxygen atoms in total. The molecule has 0 saturated carbocycles. The predicted octanol–water partition coefficient (Wildman–Crippen LogP) is 4.48. The number of hydrogen-bond acceptors (Lipinski definition) is 6. The van der Waals surface area contributed by atoms with Crippen LogP contribution >= 0.6 is 0 Å². The molecule has 0 unspecified atom stereocenters. The van der Waals surface area contributed by atoms with Gasteiger partial charge in [-0.05, 0) is 87.5 Å². The Kier molecular flexibility index (Phi) is 5.77. The maximum Gasteiger partial charge on any atom is 0.138 e. The molecule has 4 N–H and O–H groups in total. The summed E-state index contributed by atoms with van der Waals surface area (Å²) in [6.45, 7) is 8.19. The molecule has 2 aromatic carbocycles. The van der Waals surface area contributed by atoms with Crippen molar-refractivity contribution in [1.29, 1.82) is 0 Å². The minimum absolute atomic E-state index is 0.0640. The minimum atomic E-state index is 0.0640. The van der Waals surface area contributed by atoms with Gasteiger partial charge < -0.3 is 21.1 Å². The predicted molar refractivity (Wildman–Crippen MR) is 123 cm³/mol. The van der Waals surface area contributed by atoms with E-state index in [2.05, 4.69) is 47.7 Å². The van der Waals surface area contributed by atoms with Crippen molar-refractivity contribution in [1.82, 2.24) is 15.3 Å². The zero-order valence-electron chi connectivity index (χ0n) is 18.2. The average Bonchev–Trinajstić information content (AvgIpc) is 2.72. The number of aryl methyl sites for hydroxylation is 2. The number of nitrogens with one attached hydrogen (secondary N) is 2. The molecule has 0 spiro atoms. The molecule has 1 aromatic heterocycles. The lowest BCUT2D eigenvalue weighted by Crippen LogP contribution is -2.26. The zero-order valence-corrected chi connectivity index (χ0v) is 18.2. The molecular formula is C24H31N5O. The minimum Gasteiger partial charge on any atom is -0.496 e. The maximum absolute atomic E-state index is 6.07. The van der Waals surface area contributed by atoms with Crippen LogP contribution in [0.15, 0.2) is 30.3 Å². The van der Waals surface area contributed by atoms with Gasteiger partial charge in [0.1, 0.15) is 17.4 Å². The Labute approximate surface area is 178 Å². The zero-order chi connectivity index (χ0) is 21.3. The average molecular weight is 406 g/mol. The number of nitrogen functional groups attached to an aromatic ring is 1. The number of aromatic nitrogens is 2. The van der Waals surface area contributed by atoms with Crippen LogP contribution in [0.5, 0.6) is 5.75 Å². The summed E-state index contributed by atoms with van der Waals surface area (Å²) in [4.78, 5) is 9.42. The molecule has 1 saturated heterocycles. The number of rotatable bonds is 5. The molecule has 0 bridgehead atoms. The van der Waals surface area contributed by atoms with Gasteiger partial charge in [0, 0.05) is 17.1 Å². The van der Waals surface area contributed by atoms with E-state index in [9.17, 15) is 0 Å². The van der Waals surface area contributed by atoms with Crippen LogP contribution in [-0.4, -0.2) is 30.2 Å². The second kappa shape index (κ2) is 8.48. The Bertz CT molecular complexity index is 1040. The highest BCUT2D eigenvalue weighted by molar-refractivity contribution is 5.91. The molecule has 1 atom stereocenters. The fourth-order valence-corrected chi connectivity index (χ4v) is 4.41. The highest BCUT2D eigenvalue weighted by Crippen LogP contribution is 2.37. The smallest absolute Gasteiger partial charge is 0.138 e. The molecule has 3 aromatic rings. The van der Waals surface area contributed by atoms with E-state index in [0.29, 0.717) is 5.92 Å². The van der Waals surface area contributed by atoms with Crippen LogP contribution in [0.1, 0.15) is 54.2 Å². The third-order valence-corrected chi connectivity index (χ3v) is 5.91. The van der Waals surface area contributed by atoms with Crippen LogP contribution in [0.25, 0.3) is 10.9 Å². The lowest BCUT2D eigenvalue weighted by atomic mass is 9.88. The molecule has 2 heterocycles. The second-order valence-electron chi connectivity index (χ2n) is 8.30. The summed E-state index contributed by atoms with van der Waals surface area (Å²) in [7, 11) is 1.74. The van der Waals surface area contributed by atoms with Gasteiger partial charge in [0.2, 0.25) is 0 Å². The van der Waals surface area contributed by atoms with Crippen LogP contribution in [0.3, 0.4) is 0 Å². The van der Waals surface area contributed by atoms with Gasteiger partial charge in [0.15, 0.2) is 0 Å². The van der Waals surface area contributed by atoms with Crippen LogP contribution in [0.2, 0.25) is 0 Å². The largest absolute Gasteiger partial charge is 0.496 e. The van der Waals surface area contributed by atoms with E-state index in [1.807, 2.05) is 19.1 Å². The third-order valence-electron chi connectivity index (χ3n) is 5.91. The molecule has 4 rings (SSSR count). The van der Waals surface area contributed by atoms with E-state index in [4.69, 9.17) is 15.5 Å². The molecule has 1 aliphatic rings. The number of piperidine rings is 1. The fraction of sp³-hybridized carbons (Fsp3) is 0.417. The Hall–Kier alpha value is -2.86. The fourth-order valence-electron chi connectivity index (χ4n) is 4.41. The van der Waals surface area contributed by atoms with Gasteiger partial charge in [-0.1, -0.05) is 6.07 Å². The summed E-state index contributed by atoms with van der Waals surface area (Å²) in [5.74, 6) is 2.98. The van der Waals surface area contributed by atoms with Crippen molar-refractivity contribution in [3.05, 3.63) is 52.8 Å². The lowest BCUT2D eigenvalue weighted by Gasteiger charge is -2.25. The monoisotopic (exact) mass is 405 g/mol. The summed E-state index contributed by atoms with van der Waals surface area (Å²) < 4.78 is 5.75. The Balaban J connectivity index is 1.76. The lowest BCUT2D eigenvalue weighted by molar-refractivity contribution is 0.392. The summed E-state index contributed by atoms with van der Waals surface area (Å²) >= 11 is 0. The summed E-state index contributed by atoms with van der Waals surface area (Å²) in [5.41, 5.74) is 11.3. The van der Waals surface area contributed by atoms with Crippen LogP contribution in [0.4, 0.5) is 11.5 Å². The van der Waals surface area contributed by atoms with Gasteiger partial charge in [0.25, 0.3) is 0 Å². The van der Waals surface area contributed by atoms with Gasteiger partial charge >= 0.3 is 0 Å². The number of nitrogens with two attached hydrogens (primary N) is 1. The van der Waals surface area contributed by atoms with Crippen molar-refractivity contribution < 1.29 is 4.74 Å². The van der Waals surface area contributed by atoms with E-state index >= 15 is 0 Å². The van der Waals surface area contributed by atoms with Gasteiger partial charge in [-0.25, -0.2) is 9.97 Å². The Morgan fingerprint density at radius 1 is 1.10 bits per heavy atom. The number of methoxy groups -OCH3 is 1. The molecule has 158 valence electrons. The van der Waals surface area contributed by atoms with Crippen LogP contribution < -0.4 is 21.1 Å². The number of ether oxygens (including phenoxy) is 1. The van der Waals surface area contributed by atoms with E-state index in [1.165, 1.54) is 5.56 Å². The van der Waals surface area contributed by atoms with Gasteiger partial charge in [-0.15, -0.1) is 0 Å². The summed E-state index contributed by atoms with van der Waals surface area (Å²) in [6.07, 6.45) is 2.21. The molecule has 1 fully saturated rings. The van der Waals surface area contributed by atoms with E-state index < -0.39 is 0 Å². The third kappa shape index (κ3) is 4.19. The number of fused-ring (bicyclic) bond motifs is 1. The first-order chi connectivity index (χ1) is 14.4. The van der Waals surface area contributed by atoms with Crippen molar-refractivity contribution in [3.63, 3.8) is 0 Å². The molecule has 0 amide bonds. The van der Waals surface area contributed by atoms with E-state index in [-0.39, 0.29) is 6.04 Å². The quantitative estimate of drug-likeness (QED) is 0.543. The number of anilines is 2. The van der Waals surface area contributed by atoms with Crippen molar-refractivity contribution in [2.45, 2.75) is 45.6 Å². The molecule has 0 aliphatic carbocycles. The van der Waals surface area contributed by atoms with Crippen molar-refractivity contribution in [2.75, 3.05) is 31.2 Å². The summed E-state index contributed by atoms with van der Waals surface area (Å²) in [6, 6.07) is 10.5. The number of benzene rings is 2. The van der Waals surface area contributed by atoms with Crippen molar-refractivity contribution >= 4 is 22.4 Å². The first kappa shape index (κ1) is 20.4. The molecule has 30 heavy (non-hydrogen) atoms. The normalized spacial score (nSPS) is 15.9. The second-order valence-corrected chi connectivity index (χ2v) is 8.30. The molecular weight excluding hydrogens is 374 g/mol. The Morgan fingerprint density at radius 2 is 1.87 bits per heavy atom. The van der Waals surface area contributed by atoms with Crippen LogP contribution in [-0.2, 0) is 0 Å². The van der Waals surface area contributed by atoms with Gasteiger partial charge in [-0.3, -0.25) is 0 Å². The first-order valence-electron chi connectivity index (χ1n) is 10.6. The molecule has 6 heteroatoms. The van der Waals surface area contributed by atoms with E-state index in [0.717, 1.165) is 71.0 Å². The van der Waals surface area contributed by atoms with E-state index in [1.54, 1.807) is 7.11 Å². The molecule has 0 radical (unpaired) electrons. The first-order valence-corrected chi connectivity index (χ1v) is 10.6. The van der Waals surface area contributed by atoms with Crippen molar-refractivity contribution in [2.24, 2.45) is 0 Å². The topological polar surface area (TPSA) is 85.1 Å². The number of hydrogen-bond donors (Lipinski definition) is 3. The van der Waals surface area contributed by atoms with Gasteiger partial charge in [-0.2, -0.15) is 0 Å². The van der Waals surface area contributed by atoms with Crippen LogP contribution in [0, 0.1) is 13.8 Å². The summed E-state index contributed by atoms with van der Waals surface area (Å²) in [5, 5.41) is 8.08. The molecule has 1 aliphatic heterocycles. The number of nitrogens with zero attached hydrogens (tertiary/aromatic N) is 2. The van der Waals surface area contributed by atoms with Crippen molar-refractivity contribution in [3.8, 4) is 5.75 Å². The van der Waals surface area contributed by atoms with Gasteiger partial charge in [0.05, 0.1) is 18.7 Å². The standard InChI is InChI=1S/C24H31N5O/c1-14-9-18(11-19(25)10-14)15(2)27-24-21-12-20(17-5-7-26-8-6-17)23(30-4)13-22(21)28-16(3)29-24/h9-13,15,17,26H,5-8,25H2,1-4H3,(H,27,28,29)/t15-/m1/s1. The highest BCUT2D eigenvalue weighted by Gasteiger charge is 2.21. The highest BCUT2D eigenvalue weighted by atomic mass is 16.5. The Morgan fingerprint density at radius 3 is 2.57 bits per heavy atom. The maximum atomic E-state index is 6.07. The SMILES string of the molecule is COc1cc2nc(C)nc(N[C@H](C)c3cc(C)cc(N)c3)c2cc1C1CCNCC1.